The summed E-state index contributed by atoms with van der Waals surface area (Å²) in [7, 11) is 4.69. The highest BCUT2D eigenvalue weighted by Gasteiger charge is 2.29. The van der Waals surface area contributed by atoms with Crippen LogP contribution >= 0.6 is 0 Å². The first-order valence-electron chi connectivity index (χ1n) is 12.1. The largest absolute Gasteiger partial charge is 0.493 e. The highest BCUT2D eigenvalue weighted by molar-refractivity contribution is 5.83. The van der Waals surface area contributed by atoms with Crippen molar-refractivity contribution in [2.75, 3.05) is 33.2 Å². The average Bonchev–Trinajstić information content (AvgIpc) is 3.13. The van der Waals surface area contributed by atoms with E-state index in [0.717, 1.165) is 22.3 Å². The van der Waals surface area contributed by atoms with Gasteiger partial charge in [0.05, 0.1) is 33.1 Å². The second kappa shape index (κ2) is 11.3. The van der Waals surface area contributed by atoms with Gasteiger partial charge in [0.15, 0.2) is 11.5 Å². The van der Waals surface area contributed by atoms with Gasteiger partial charge in [-0.25, -0.2) is 4.39 Å². The molecule has 0 unspecified atom stereocenters. The molecule has 0 radical (unpaired) electrons. The van der Waals surface area contributed by atoms with Gasteiger partial charge in [0.25, 0.3) is 0 Å². The number of amides is 1. The minimum absolute atomic E-state index is 0.180. The summed E-state index contributed by atoms with van der Waals surface area (Å²) in [4.78, 5) is 25.4. The van der Waals surface area contributed by atoms with Crippen molar-refractivity contribution in [2.45, 2.75) is 32.2 Å². The molecule has 1 atom stereocenters. The molecule has 1 aliphatic rings. The third-order valence-electron chi connectivity index (χ3n) is 6.56. The molecule has 3 aromatic rings. The Balaban J connectivity index is 1.81. The van der Waals surface area contributed by atoms with Gasteiger partial charge >= 0.3 is 0 Å². The quantitative estimate of drug-likeness (QED) is 0.462. The maximum atomic E-state index is 13.3. The molecule has 194 valence electrons. The van der Waals surface area contributed by atoms with Gasteiger partial charge < -0.3 is 24.8 Å². The molecule has 7 nitrogen and oxygen atoms in total. The van der Waals surface area contributed by atoms with E-state index in [0.29, 0.717) is 54.3 Å². The van der Waals surface area contributed by atoms with Crippen molar-refractivity contribution in [3.63, 3.8) is 0 Å². The first-order chi connectivity index (χ1) is 17.9. The van der Waals surface area contributed by atoms with Gasteiger partial charge in [0.2, 0.25) is 17.1 Å². The van der Waals surface area contributed by atoms with Crippen molar-refractivity contribution in [3.05, 3.63) is 81.3 Å². The fraction of sp³-hybridized carbons (Fsp3) is 0.310. The standard InChI is InChI=1S/C29H31FN2O5/c1-17(33)32-23-11-7-19-15-26(35-2)28(36-3)29(37-4)27(19)21-10-12-24(25(34)16-22(21)23)31-14-13-18-5-8-20(30)9-6-18/h5-6,8-10,12,15-16,23H,7,11,13-14H2,1-4H3,(H,31,34)(H,32,33)/t23-/m0/s1. The Labute approximate surface area is 215 Å². The molecule has 0 saturated heterocycles. The van der Waals surface area contributed by atoms with Gasteiger partial charge in [0, 0.05) is 19.0 Å². The van der Waals surface area contributed by atoms with Crippen LogP contribution in [0.2, 0.25) is 0 Å². The molecule has 0 heterocycles. The fourth-order valence-corrected chi connectivity index (χ4v) is 4.85. The number of rotatable bonds is 8. The Morgan fingerprint density at radius 1 is 1.00 bits per heavy atom. The van der Waals surface area contributed by atoms with Gasteiger partial charge in [0.1, 0.15) is 5.82 Å². The van der Waals surface area contributed by atoms with Crippen molar-refractivity contribution >= 4 is 11.6 Å². The monoisotopic (exact) mass is 506 g/mol. The Morgan fingerprint density at radius 2 is 1.73 bits per heavy atom. The van der Waals surface area contributed by atoms with Crippen LogP contribution < -0.4 is 30.3 Å². The molecule has 0 spiro atoms. The van der Waals surface area contributed by atoms with Gasteiger partial charge in [-0.2, -0.15) is 0 Å². The number of hydrogen-bond acceptors (Lipinski definition) is 6. The third kappa shape index (κ3) is 5.53. The minimum atomic E-state index is -0.367. The zero-order chi connectivity index (χ0) is 26.5. The van der Waals surface area contributed by atoms with E-state index in [9.17, 15) is 14.0 Å². The molecule has 3 aromatic carbocycles. The van der Waals surface area contributed by atoms with Crippen LogP contribution in [-0.2, 0) is 17.6 Å². The molecular weight excluding hydrogens is 475 g/mol. The summed E-state index contributed by atoms with van der Waals surface area (Å²) in [5.41, 5.74) is 4.44. The Kier molecular flexibility index (Phi) is 7.96. The Hall–Kier alpha value is -4.07. The molecule has 37 heavy (non-hydrogen) atoms. The van der Waals surface area contributed by atoms with Gasteiger partial charge in [-0.1, -0.05) is 18.2 Å². The normalized spacial score (nSPS) is 14.0. The number of hydrogen-bond donors (Lipinski definition) is 2. The van der Waals surface area contributed by atoms with Gasteiger partial charge in [-0.15, -0.1) is 0 Å². The zero-order valence-corrected chi connectivity index (χ0v) is 21.4. The van der Waals surface area contributed by atoms with E-state index in [1.54, 1.807) is 45.6 Å². The minimum Gasteiger partial charge on any atom is -0.493 e. The number of ether oxygens (including phenoxy) is 3. The molecule has 4 rings (SSSR count). The Bertz CT molecular complexity index is 1360. The van der Waals surface area contributed by atoms with Crippen LogP contribution in [0.15, 0.2) is 53.3 Å². The maximum absolute atomic E-state index is 13.3. The van der Waals surface area contributed by atoms with Crippen molar-refractivity contribution in [2.24, 2.45) is 0 Å². The summed E-state index contributed by atoms with van der Waals surface area (Å²) in [6.45, 7) is 1.96. The van der Waals surface area contributed by atoms with Gasteiger partial charge in [-0.3, -0.25) is 9.59 Å². The fourth-order valence-electron chi connectivity index (χ4n) is 4.85. The van der Waals surface area contributed by atoms with Crippen molar-refractivity contribution < 1.29 is 23.4 Å². The molecule has 1 aliphatic carbocycles. The lowest BCUT2D eigenvalue weighted by atomic mass is 9.95. The van der Waals surface area contributed by atoms with E-state index in [4.69, 9.17) is 14.2 Å². The predicted octanol–water partition coefficient (Wildman–Crippen LogP) is 4.66. The van der Waals surface area contributed by atoms with Crippen LogP contribution in [0.1, 0.15) is 36.1 Å². The molecule has 0 saturated carbocycles. The molecule has 1 amide bonds. The number of halogens is 1. The summed E-state index contributed by atoms with van der Waals surface area (Å²) >= 11 is 0. The first-order valence-corrected chi connectivity index (χ1v) is 12.1. The molecule has 2 N–H and O–H groups in total. The van der Waals surface area contributed by atoms with Gasteiger partial charge in [-0.05, 0) is 71.8 Å². The number of methoxy groups -OCH3 is 3. The highest BCUT2D eigenvalue weighted by atomic mass is 19.1. The lowest BCUT2D eigenvalue weighted by molar-refractivity contribution is -0.119. The number of nitrogens with one attached hydrogen (secondary N) is 2. The molecule has 8 heteroatoms. The number of carbonyl (C=O) groups is 1. The molecule has 0 bridgehead atoms. The topological polar surface area (TPSA) is 85.9 Å². The zero-order valence-electron chi connectivity index (χ0n) is 21.4. The molecule has 0 fully saturated rings. The summed E-state index contributed by atoms with van der Waals surface area (Å²) in [6.07, 6.45) is 1.85. The van der Waals surface area contributed by atoms with Crippen molar-refractivity contribution in [1.82, 2.24) is 5.32 Å². The molecular formula is C29H31FN2O5. The number of carbonyl (C=O) groups excluding carboxylic acids is 1. The summed E-state index contributed by atoms with van der Waals surface area (Å²) in [5.74, 6) is 1.05. The number of fused-ring (bicyclic) bond motifs is 3. The van der Waals surface area contributed by atoms with E-state index < -0.39 is 0 Å². The van der Waals surface area contributed by atoms with E-state index in [1.165, 1.54) is 19.1 Å². The SMILES string of the molecule is COc1cc2c(c(OC)c1OC)-c1ccc(NCCc3ccc(F)cc3)c(=O)cc1[C@@H](NC(C)=O)CC2. The summed E-state index contributed by atoms with van der Waals surface area (Å²) in [5, 5.41) is 6.22. The van der Waals surface area contributed by atoms with Crippen LogP contribution in [0.25, 0.3) is 11.1 Å². The third-order valence-corrected chi connectivity index (χ3v) is 6.56. The number of benzene rings is 2. The van der Waals surface area contributed by atoms with Crippen LogP contribution in [0.5, 0.6) is 17.2 Å². The van der Waals surface area contributed by atoms with Crippen LogP contribution in [-0.4, -0.2) is 33.8 Å². The lowest BCUT2D eigenvalue weighted by Gasteiger charge is -2.19. The van der Waals surface area contributed by atoms with E-state index in [1.807, 2.05) is 12.1 Å². The molecule has 0 aliphatic heterocycles. The second-order valence-corrected chi connectivity index (χ2v) is 8.90. The van der Waals surface area contributed by atoms with E-state index >= 15 is 0 Å². The van der Waals surface area contributed by atoms with Crippen LogP contribution in [0.4, 0.5) is 10.1 Å². The number of anilines is 1. The second-order valence-electron chi connectivity index (χ2n) is 8.90. The highest BCUT2D eigenvalue weighted by Crippen LogP contribution is 2.50. The Morgan fingerprint density at radius 3 is 2.38 bits per heavy atom. The van der Waals surface area contributed by atoms with E-state index in [-0.39, 0.29) is 23.2 Å². The van der Waals surface area contributed by atoms with Crippen LogP contribution in [0, 0.1) is 5.82 Å². The van der Waals surface area contributed by atoms with Crippen molar-refractivity contribution in [1.29, 1.82) is 0 Å². The maximum Gasteiger partial charge on any atom is 0.217 e. The number of aryl methyl sites for hydroxylation is 1. The van der Waals surface area contributed by atoms with Crippen LogP contribution in [0.3, 0.4) is 0 Å². The smallest absolute Gasteiger partial charge is 0.217 e. The van der Waals surface area contributed by atoms with Crippen molar-refractivity contribution in [3.8, 4) is 28.4 Å². The lowest BCUT2D eigenvalue weighted by Crippen LogP contribution is -2.26. The first kappa shape index (κ1) is 26.0. The summed E-state index contributed by atoms with van der Waals surface area (Å²) in [6, 6.07) is 13.1. The molecule has 0 aromatic heterocycles. The summed E-state index contributed by atoms with van der Waals surface area (Å²) < 4.78 is 30.2. The van der Waals surface area contributed by atoms with E-state index in [2.05, 4.69) is 10.6 Å². The average molecular weight is 507 g/mol. The predicted molar refractivity (Wildman–Crippen MR) is 141 cm³/mol.